The number of carbonyl (C=O) groups is 2. The second kappa shape index (κ2) is 9.28. The van der Waals surface area contributed by atoms with E-state index >= 15 is 0 Å². The van der Waals surface area contributed by atoms with E-state index in [1.165, 1.54) is 4.31 Å². The zero-order valence-corrected chi connectivity index (χ0v) is 20.9. The quantitative estimate of drug-likeness (QED) is 0.660. The number of nitrogens with one attached hydrogen (secondary N) is 1. The monoisotopic (exact) mass is 497 g/mol. The van der Waals surface area contributed by atoms with Crippen LogP contribution in [-0.4, -0.2) is 50.8 Å². The molecule has 0 spiro atoms. The number of ether oxygens (including phenoxy) is 1. The summed E-state index contributed by atoms with van der Waals surface area (Å²) in [5.74, 6) is 0.143. The smallest absolute Gasteiger partial charge is 0.243 e. The summed E-state index contributed by atoms with van der Waals surface area (Å²) in [4.78, 5) is 27.8. The third-order valence-corrected chi connectivity index (χ3v) is 9.05. The molecule has 2 aromatic carbocycles. The number of benzene rings is 2. The number of hydrogen-bond donors (Lipinski definition) is 1. The van der Waals surface area contributed by atoms with Gasteiger partial charge in [-0.1, -0.05) is 12.1 Å². The normalized spacial score (nSPS) is 22.5. The van der Waals surface area contributed by atoms with Gasteiger partial charge in [-0.2, -0.15) is 4.31 Å². The van der Waals surface area contributed by atoms with Gasteiger partial charge >= 0.3 is 0 Å². The first-order chi connectivity index (χ1) is 16.8. The topological polar surface area (TPSA) is 96.0 Å². The van der Waals surface area contributed by atoms with Crippen LogP contribution in [0.3, 0.4) is 0 Å². The molecule has 1 saturated carbocycles. The molecule has 35 heavy (non-hydrogen) atoms. The highest BCUT2D eigenvalue weighted by atomic mass is 32.2. The van der Waals surface area contributed by atoms with Gasteiger partial charge in [0.1, 0.15) is 5.75 Å². The van der Waals surface area contributed by atoms with Gasteiger partial charge in [0, 0.05) is 30.7 Å². The molecule has 0 aromatic heterocycles. The lowest BCUT2D eigenvalue weighted by Gasteiger charge is -2.31. The Balaban J connectivity index is 1.32. The molecule has 2 aromatic rings. The van der Waals surface area contributed by atoms with Crippen molar-refractivity contribution in [2.75, 3.05) is 30.4 Å². The second-order valence-electron chi connectivity index (χ2n) is 9.72. The molecule has 2 aliphatic heterocycles. The summed E-state index contributed by atoms with van der Waals surface area (Å²) >= 11 is 0. The van der Waals surface area contributed by atoms with E-state index in [1.54, 1.807) is 37.4 Å². The number of carbonyl (C=O) groups excluding carboxylic acids is 2. The zero-order chi connectivity index (χ0) is 24.7. The van der Waals surface area contributed by atoms with E-state index in [0.717, 1.165) is 24.1 Å². The lowest BCUT2D eigenvalue weighted by Crippen LogP contribution is -2.43. The molecule has 8 nitrogen and oxygen atoms in total. The molecule has 2 atom stereocenters. The van der Waals surface area contributed by atoms with E-state index < -0.39 is 15.9 Å². The van der Waals surface area contributed by atoms with Crippen LogP contribution in [0.5, 0.6) is 5.75 Å². The van der Waals surface area contributed by atoms with E-state index in [9.17, 15) is 18.0 Å². The minimum Gasteiger partial charge on any atom is -0.495 e. The fraction of sp³-hybridized carbons (Fsp3) is 0.462. The molecule has 1 N–H and O–H groups in total. The van der Waals surface area contributed by atoms with Crippen LogP contribution in [0, 0.1) is 11.8 Å². The number of para-hydroxylation sites is 2. The maximum atomic E-state index is 13.5. The summed E-state index contributed by atoms with van der Waals surface area (Å²) in [5, 5.41) is 2.89. The van der Waals surface area contributed by atoms with E-state index in [-0.39, 0.29) is 35.2 Å². The molecule has 0 unspecified atom stereocenters. The van der Waals surface area contributed by atoms with Crippen molar-refractivity contribution in [2.45, 2.75) is 50.0 Å². The number of sulfonamides is 1. The predicted molar refractivity (Wildman–Crippen MR) is 133 cm³/mol. The predicted octanol–water partition coefficient (Wildman–Crippen LogP) is 3.42. The fourth-order valence-electron chi connectivity index (χ4n) is 5.14. The molecule has 5 rings (SSSR count). The molecule has 1 saturated heterocycles. The highest BCUT2D eigenvalue weighted by Crippen LogP contribution is 2.40. The van der Waals surface area contributed by atoms with Gasteiger partial charge in [0.15, 0.2) is 0 Å². The van der Waals surface area contributed by atoms with Gasteiger partial charge in [-0.3, -0.25) is 9.59 Å². The largest absolute Gasteiger partial charge is 0.495 e. The zero-order valence-electron chi connectivity index (χ0n) is 20.1. The number of methoxy groups -OCH3 is 1. The first-order valence-electron chi connectivity index (χ1n) is 12.2. The van der Waals surface area contributed by atoms with Gasteiger partial charge in [-0.15, -0.1) is 0 Å². The standard InChI is InChI=1S/C26H31N3O5S/c1-17-14-20-15-21(11-12-23(20)29(17)26(31)18-9-10-18)35(32,33)28-13-5-6-19(16-28)25(30)27-22-7-3-4-8-24(22)34-2/h3-4,7-8,11-12,15,17-19H,5-6,9-10,13-14,16H2,1-2H3,(H,27,30)/t17-,19+/m1/s1. The number of anilines is 2. The van der Waals surface area contributed by atoms with Gasteiger partial charge in [-0.05, 0) is 74.9 Å². The Morgan fingerprint density at radius 3 is 2.57 bits per heavy atom. The SMILES string of the molecule is COc1ccccc1NC(=O)[C@H]1CCCN(S(=O)(=O)c2ccc3c(c2)C[C@@H](C)N3C(=O)C2CC2)C1. The van der Waals surface area contributed by atoms with Crippen LogP contribution >= 0.6 is 0 Å². The number of piperidine rings is 1. The summed E-state index contributed by atoms with van der Waals surface area (Å²) in [6.45, 7) is 2.51. The minimum absolute atomic E-state index is 0.0223. The first kappa shape index (κ1) is 23.8. The van der Waals surface area contributed by atoms with Crippen molar-refractivity contribution in [2.24, 2.45) is 11.8 Å². The maximum absolute atomic E-state index is 13.5. The van der Waals surface area contributed by atoms with Crippen LogP contribution in [0.2, 0.25) is 0 Å². The molecule has 1 aliphatic carbocycles. The average Bonchev–Trinajstić information content (AvgIpc) is 3.66. The molecule has 2 amide bonds. The Morgan fingerprint density at radius 2 is 1.83 bits per heavy atom. The van der Waals surface area contributed by atoms with Crippen molar-refractivity contribution in [3.05, 3.63) is 48.0 Å². The molecule has 9 heteroatoms. The van der Waals surface area contributed by atoms with Crippen molar-refractivity contribution in [1.29, 1.82) is 0 Å². The average molecular weight is 498 g/mol. The van der Waals surface area contributed by atoms with Crippen molar-refractivity contribution >= 4 is 33.2 Å². The van der Waals surface area contributed by atoms with Gasteiger partial charge < -0.3 is 15.0 Å². The molecule has 186 valence electrons. The van der Waals surface area contributed by atoms with Gasteiger partial charge in [0.05, 0.1) is 23.6 Å². The lowest BCUT2D eigenvalue weighted by molar-refractivity contribution is -0.121. The fourth-order valence-corrected chi connectivity index (χ4v) is 6.71. The lowest BCUT2D eigenvalue weighted by atomic mass is 9.98. The Bertz CT molecular complexity index is 1260. The maximum Gasteiger partial charge on any atom is 0.243 e. The van der Waals surface area contributed by atoms with Crippen molar-refractivity contribution in [1.82, 2.24) is 4.31 Å². The van der Waals surface area contributed by atoms with Gasteiger partial charge in [0.25, 0.3) is 0 Å². The summed E-state index contributed by atoms with van der Waals surface area (Å²) in [5.41, 5.74) is 2.27. The van der Waals surface area contributed by atoms with Gasteiger partial charge in [0.2, 0.25) is 21.8 Å². The van der Waals surface area contributed by atoms with Crippen LogP contribution < -0.4 is 15.0 Å². The van der Waals surface area contributed by atoms with Crippen LogP contribution in [-0.2, 0) is 26.0 Å². The number of fused-ring (bicyclic) bond motifs is 1. The Morgan fingerprint density at radius 1 is 1.06 bits per heavy atom. The van der Waals surface area contributed by atoms with Crippen LogP contribution in [0.4, 0.5) is 11.4 Å². The third kappa shape index (κ3) is 4.54. The molecule has 0 radical (unpaired) electrons. The summed E-state index contributed by atoms with van der Waals surface area (Å²) in [6, 6.07) is 12.2. The Hall–Kier alpha value is -2.91. The number of hydrogen-bond acceptors (Lipinski definition) is 5. The number of rotatable bonds is 6. The van der Waals surface area contributed by atoms with Crippen LogP contribution in [0.25, 0.3) is 0 Å². The number of nitrogens with zero attached hydrogens (tertiary/aromatic N) is 2. The minimum atomic E-state index is -3.77. The molecule has 2 fully saturated rings. The molecular formula is C26H31N3O5S. The summed E-state index contributed by atoms with van der Waals surface area (Å²) < 4.78 is 33.8. The van der Waals surface area contributed by atoms with E-state index in [4.69, 9.17) is 4.74 Å². The molecular weight excluding hydrogens is 466 g/mol. The van der Waals surface area contributed by atoms with E-state index in [0.29, 0.717) is 37.2 Å². The first-order valence-corrected chi connectivity index (χ1v) is 13.6. The Labute approximate surface area is 206 Å². The summed E-state index contributed by atoms with van der Waals surface area (Å²) in [6.07, 6.45) is 3.73. The van der Waals surface area contributed by atoms with Gasteiger partial charge in [-0.25, -0.2) is 8.42 Å². The second-order valence-corrected chi connectivity index (χ2v) is 11.7. The Kier molecular flexibility index (Phi) is 6.31. The van der Waals surface area contributed by atoms with E-state index in [2.05, 4.69) is 5.32 Å². The van der Waals surface area contributed by atoms with Crippen molar-refractivity contribution < 1.29 is 22.7 Å². The number of amides is 2. The van der Waals surface area contributed by atoms with Crippen LogP contribution in [0.15, 0.2) is 47.4 Å². The highest BCUT2D eigenvalue weighted by Gasteiger charge is 2.40. The van der Waals surface area contributed by atoms with E-state index in [1.807, 2.05) is 24.0 Å². The third-order valence-electron chi connectivity index (χ3n) is 7.19. The van der Waals surface area contributed by atoms with Crippen LogP contribution in [0.1, 0.15) is 38.2 Å². The summed E-state index contributed by atoms with van der Waals surface area (Å²) in [7, 11) is -2.23. The molecule has 0 bridgehead atoms. The van der Waals surface area contributed by atoms with Crippen molar-refractivity contribution in [3.8, 4) is 5.75 Å². The molecule has 3 aliphatic rings. The van der Waals surface area contributed by atoms with Crippen molar-refractivity contribution in [3.63, 3.8) is 0 Å². The molecule has 2 heterocycles. The highest BCUT2D eigenvalue weighted by molar-refractivity contribution is 7.89.